The molecule has 3 nitrogen and oxygen atoms in total. The Morgan fingerprint density at radius 3 is 2.94 bits per heavy atom. The van der Waals surface area contributed by atoms with Gasteiger partial charge in [0.15, 0.2) is 0 Å². The quantitative estimate of drug-likeness (QED) is 0.855. The average molecular weight is 246 g/mol. The fourth-order valence-corrected chi connectivity index (χ4v) is 2.53. The summed E-state index contributed by atoms with van der Waals surface area (Å²) in [6.45, 7) is 5.90. The molecule has 1 atom stereocenters. The van der Waals surface area contributed by atoms with Crippen molar-refractivity contribution in [2.24, 2.45) is 0 Å². The highest BCUT2D eigenvalue weighted by molar-refractivity contribution is 5.95. The zero-order chi connectivity index (χ0) is 13.0. The minimum absolute atomic E-state index is 0.0468. The summed E-state index contributed by atoms with van der Waals surface area (Å²) in [6, 6.07) is 6.53. The summed E-state index contributed by atoms with van der Waals surface area (Å²) in [7, 11) is 0. The Balaban J connectivity index is 1.83. The van der Waals surface area contributed by atoms with Crippen LogP contribution in [0.15, 0.2) is 18.2 Å². The van der Waals surface area contributed by atoms with Gasteiger partial charge >= 0.3 is 0 Å². The first kappa shape index (κ1) is 13.1. The molecule has 2 rings (SSSR count). The maximum absolute atomic E-state index is 12.0. The van der Waals surface area contributed by atoms with Crippen LogP contribution in [0.4, 0.5) is 0 Å². The summed E-state index contributed by atoms with van der Waals surface area (Å²) in [5.41, 5.74) is 3.03. The van der Waals surface area contributed by atoms with Crippen LogP contribution < -0.4 is 10.6 Å². The second kappa shape index (κ2) is 6.01. The van der Waals surface area contributed by atoms with Crippen molar-refractivity contribution in [1.29, 1.82) is 0 Å². The number of carbonyl (C=O) groups excluding carboxylic acids is 1. The highest BCUT2D eigenvalue weighted by Crippen LogP contribution is 2.11. The summed E-state index contributed by atoms with van der Waals surface area (Å²) in [4.78, 5) is 12.0. The van der Waals surface area contributed by atoms with Gasteiger partial charge < -0.3 is 10.6 Å². The van der Waals surface area contributed by atoms with E-state index in [9.17, 15) is 4.79 Å². The summed E-state index contributed by atoms with van der Waals surface area (Å²) in [5, 5.41) is 6.44. The van der Waals surface area contributed by atoms with Crippen molar-refractivity contribution in [3.05, 3.63) is 34.9 Å². The first-order chi connectivity index (χ1) is 8.66. The number of amides is 1. The lowest BCUT2D eigenvalue weighted by Gasteiger charge is -2.12. The molecule has 0 unspecified atom stereocenters. The molecule has 0 saturated carbocycles. The molecule has 98 valence electrons. The first-order valence-electron chi connectivity index (χ1n) is 6.75. The van der Waals surface area contributed by atoms with Gasteiger partial charge in [-0.3, -0.25) is 4.79 Å². The van der Waals surface area contributed by atoms with E-state index in [1.165, 1.54) is 18.4 Å². The van der Waals surface area contributed by atoms with Gasteiger partial charge in [-0.05, 0) is 51.3 Å². The Morgan fingerprint density at radius 1 is 1.44 bits per heavy atom. The highest BCUT2D eigenvalue weighted by Gasteiger charge is 2.14. The molecule has 0 bridgehead atoms. The number of benzene rings is 1. The van der Waals surface area contributed by atoms with Gasteiger partial charge in [0.1, 0.15) is 0 Å². The normalized spacial score (nSPS) is 18.9. The third kappa shape index (κ3) is 3.33. The molecular weight excluding hydrogens is 224 g/mol. The van der Waals surface area contributed by atoms with E-state index in [2.05, 4.69) is 10.6 Å². The molecule has 1 aliphatic rings. The Labute approximate surface area is 109 Å². The molecule has 3 heteroatoms. The third-order valence-electron chi connectivity index (χ3n) is 3.57. The fourth-order valence-electron chi connectivity index (χ4n) is 2.53. The van der Waals surface area contributed by atoms with Crippen LogP contribution in [0.2, 0.25) is 0 Å². The molecule has 0 radical (unpaired) electrons. The van der Waals surface area contributed by atoms with E-state index in [0.717, 1.165) is 30.6 Å². The van der Waals surface area contributed by atoms with E-state index >= 15 is 0 Å². The van der Waals surface area contributed by atoms with E-state index in [-0.39, 0.29) is 5.91 Å². The van der Waals surface area contributed by atoms with Crippen molar-refractivity contribution in [1.82, 2.24) is 10.6 Å². The molecule has 18 heavy (non-hydrogen) atoms. The topological polar surface area (TPSA) is 41.1 Å². The van der Waals surface area contributed by atoms with Crippen molar-refractivity contribution in [2.75, 3.05) is 13.1 Å². The number of hydrogen-bond acceptors (Lipinski definition) is 2. The zero-order valence-electron chi connectivity index (χ0n) is 11.3. The van der Waals surface area contributed by atoms with Crippen LogP contribution >= 0.6 is 0 Å². The monoisotopic (exact) mass is 246 g/mol. The van der Waals surface area contributed by atoms with Crippen molar-refractivity contribution in [2.45, 2.75) is 39.2 Å². The van der Waals surface area contributed by atoms with E-state index in [0.29, 0.717) is 6.04 Å². The van der Waals surface area contributed by atoms with Gasteiger partial charge in [-0.1, -0.05) is 17.7 Å². The maximum Gasteiger partial charge on any atom is 0.251 e. The van der Waals surface area contributed by atoms with Gasteiger partial charge in [0.2, 0.25) is 0 Å². The second-order valence-corrected chi connectivity index (χ2v) is 5.16. The predicted octanol–water partition coefficient (Wildman–Crippen LogP) is 2.18. The Morgan fingerprint density at radius 2 is 2.28 bits per heavy atom. The second-order valence-electron chi connectivity index (χ2n) is 5.16. The maximum atomic E-state index is 12.0. The SMILES string of the molecule is Cc1ccc(C(=O)NCC[C@H]2CCCN2)c(C)c1. The third-order valence-corrected chi connectivity index (χ3v) is 3.57. The number of rotatable bonds is 4. The number of aryl methyl sites for hydroxylation is 2. The molecule has 1 heterocycles. The molecule has 1 fully saturated rings. The van der Waals surface area contributed by atoms with Crippen molar-refractivity contribution < 1.29 is 4.79 Å². The predicted molar refractivity (Wildman–Crippen MR) is 73.9 cm³/mol. The minimum Gasteiger partial charge on any atom is -0.352 e. The van der Waals surface area contributed by atoms with Gasteiger partial charge in [0.05, 0.1) is 0 Å². The van der Waals surface area contributed by atoms with Crippen LogP contribution in [0.1, 0.15) is 40.7 Å². The first-order valence-corrected chi connectivity index (χ1v) is 6.75. The molecule has 0 aliphatic carbocycles. The smallest absolute Gasteiger partial charge is 0.251 e. The van der Waals surface area contributed by atoms with Crippen LogP contribution in [0.25, 0.3) is 0 Å². The molecule has 1 amide bonds. The lowest BCUT2D eigenvalue weighted by molar-refractivity contribution is 0.0951. The Kier molecular flexibility index (Phi) is 4.37. The van der Waals surface area contributed by atoms with Gasteiger partial charge in [0, 0.05) is 18.2 Å². The van der Waals surface area contributed by atoms with E-state index in [1.807, 2.05) is 32.0 Å². The molecular formula is C15H22N2O. The van der Waals surface area contributed by atoms with Gasteiger partial charge in [-0.15, -0.1) is 0 Å². The molecule has 0 aromatic heterocycles. The Hall–Kier alpha value is -1.35. The summed E-state index contributed by atoms with van der Waals surface area (Å²) in [5.74, 6) is 0.0468. The summed E-state index contributed by atoms with van der Waals surface area (Å²) >= 11 is 0. The molecule has 1 saturated heterocycles. The van der Waals surface area contributed by atoms with E-state index < -0.39 is 0 Å². The molecule has 2 N–H and O–H groups in total. The van der Waals surface area contributed by atoms with Gasteiger partial charge in [-0.2, -0.15) is 0 Å². The lowest BCUT2D eigenvalue weighted by Crippen LogP contribution is -2.30. The lowest BCUT2D eigenvalue weighted by atomic mass is 10.1. The number of hydrogen-bond donors (Lipinski definition) is 2. The van der Waals surface area contributed by atoms with Crippen LogP contribution in [0.5, 0.6) is 0 Å². The van der Waals surface area contributed by atoms with Crippen molar-refractivity contribution in [3.63, 3.8) is 0 Å². The molecule has 0 spiro atoms. The Bertz CT molecular complexity index is 423. The standard InChI is InChI=1S/C15H22N2O/c1-11-5-6-14(12(2)10-11)15(18)17-9-7-13-4-3-8-16-13/h5-6,10,13,16H,3-4,7-9H2,1-2H3,(H,17,18)/t13-/m1/s1. The van der Waals surface area contributed by atoms with Crippen molar-refractivity contribution >= 4 is 5.91 Å². The number of nitrogens with one attached hydrogen (secondary N) is 2. The van der Waals surface area contributed by atoms with E-state index in [4.69, 9.17) is 0 Å². The van der Waals surface area contributed by atoms with Crippen molar-refractivity contribution in [3.8, 4) is 0 Å². The summed E-state index contributed by atoms with van der Waals surface area (Å²) in [6.07, 6.45) is 3.52. The van der Waals surface area contributed by atoms with Gasteiger partial charge in [-0.25, -0.2) is 0 Å². The average Bonchev–Trinajstić information content (AvgIpc) is 2.81. The molecule has 1 aromatic carbocycles. The fraction of sp³-hybridized carbons (Fsp3) is 0.533. The highest BCUT2D eigenvalue weighted by atomic mass is 16.1. The van der Waals surface area contributed by atoms with Crippen LogP contribution in [0.3, 0.4) is 0 Å². The number of carbonyl (C=O) groups is 1. The zero-order valence-corrected chi connectivity index (χ0v) is 11.3. The largest absolute Gasteiger partial charge is 0.352 e. The van der Waals surface area contributed by atoms with Crippen LogP contribution in [0, 0.1) is 13.8 Å². The minimum atomic E-state index is 0.0468. The van der Waals surface area contributed by atoms with Crippen LogP contribution in [-0.2, 0) is 0 Å². The van der Waals surface area contributed by atoms with E-state index in [1.54, 1.807) is 0 Å². The van der Waals surface area contributed by atoms with Crippen LogP contribution in [-0.4, -0.2) is 25.0 Å². The molecule has 1 aromatic rings. The molecule has 1 aliphatic heterocycles. The van der Waals surface area contributed by atoms with Gasteiger partial charge in [0.25, 0.3) is 5.91 Å². The summed E-state index contributed by atoms with van der Waals surface area (Å²) < 4.78 is 0.